The van der Waals surface area contributed by atoms with Crippen molar-refractivity contribution >= 4 is 17.3 Å². The van der Waals surface area contributed by atoms with Crippen LogP contribution in [0, 0.1) is 13.8 Å². The second kappa shape index (κ2) is 5.01. The van der Waals surface area contributed by atoms with Crippen LogP contribution >= 0.6 is 0 Å². The monoisotopic (exact) mass is 260 g/mol. The molecule has 0 bridgehead atoms. The van der Waals surface area contributed by atoms with Gasteiger partial charge >= 0.3 is 0 Å². The number of nitrogens with one attached hydrogen (secondary N) is 1. The average molecular weight is 260 g/mol. The molecule has 0 aliphatic heterocycles. The van der Waals surface area contributed by atoms with Gasteiger partial charge in [-0.3, -0.25) is 4.79 Å². The second-order valence-corrected chi connectivity index (χ2v) is 4.32. The molecule has 19 heavy (non-hydrogen) atoms. The highest BCUT2D eigenvalue weighted by Gasteiger charge is 2.10. The van der Waals surface area contributed by atoms with Gasteiger partial charge in [-0.05, 0) is 32.0 Å². The number of nitrogen functional groups attached to an aromatic ring is 1. The van der Waals surface area contributed by atoms with Crippen molar-refractivity contribution in [1.82, 2.24) is 5.16 Å². The molecule has 2 rings (SSSR count). The van der Waals surface area contributed by atoms with Crippen molar-refractivity contribution in [2.45, 2.75) is 20.4 Å². The topological polar surface area (TPSA) is 107 Å². The highest BCUT2D eigenvalue weighted by Crippen LogP contribution is 2.22. The Balaban J connectivity index is 2.14. The Hall–Kier alpha value is -2.50. The Morgan fingerprint density at radius 1 is 1.42 bits per heavy atom. The van der Waals surface area contributed by atoms with Crippen LogP contribution in [-0.2, 0) is 6.54 Å². The van der Waals surface area contributed by atoms with E-state index in [2.05, 4.69) is 10.5 Å². The molecule has 0 unspecified atom stereocenters. The molecular weight excluding hydrogens is 244 g/mol. The molecule has 0 atom stereocenters. The smallest absolute Gasteiger partial charge is 0.248 e. The second-order valence-electron chi connectivity index (χ2n) is 4.32. The van der Waals surface area contributed by atoms with Crippen LogP contribution in [0.1, 0.15) is 27.4 Å². The zero-order valence-electron chi connectivity index (χ0n) is 10.9. The van der Waals surface area contributed by atoms with E-state index in [4.69, 9.17) is 16.0 Å². The molecule has 0 spiro atoms. The molecule has 6 nitrogen and oxygen atoms in total. The van der Waals surface area contributed by atoms with E-state index >= 15 is 0 Å². The van der Waals surface area contributed by atoms with E-state index in [1.807, 2.05) is 13.8 Å². The maximum atomic E-state index is 11.0. The Morgan fingerprint density at radius 3 is 2.68 bits per heavy atom. The third kappa shape index (κ3) is 2.67. The first kappa shape index (κ1) is 12.9. The number of anilines is 2. The summed E-state index contributed by atoms with van der Waals surface area (Å²) in [6, 6.07) is 4.92. The summed E-state index contributed by atoms with van der Waals surface area (Å²) in [7, 11) is 0. The largest absolute Gasteiger partial charge is 0.397 e. The van der Waals surface area contributed by atoms with Gasteiger partial charge in [0.1, 0.15) is 5.76 Å². The van der Waals surface area contributed by atoms with Crippen LogP contribution in [0.5, 0.6) is 0 Å². The summed E-state index contributed by atoms with van der Waals surface area (Å²) in [6.45, 7) is 4.30. The van der Waals surface area contributed by atoms with Crippen molar-refractivity contribution < 1.29 is 9.32 Å². The zero-order valence-corrected chi connectivity index (χ0v) is 10.9. The summed E-state index contributed by atoms with van der Waals surface area (Å²) in [5.74, 6) is 0.279. The Kier molecular flexibility index (Phi) is 3.41. The highest BCUT2D eigenvalue weighted by atomic mass is 16.5. The SMILES string of the molecule is Cc1noc(C)c1CNc1ccc(C(N)=O)cc1N. The summed E-state index contributed by atoms with van der Waals surface area (Å²) in [6.07, 6.45) is 0. The number of hydrogen-bond acceptors (Lipinski definition) is 5. The molecule has 1 aromatic carbocycles. The number of carbonyl (C=O) groups is 1. The Labute approximate surface area is 110 Å². The molecule has 1 amide bonds. The van der Waals surface area contributed by atoms with Gasteiger partial charge in [0, 0.05) is 17.7 Å². The van der Waals surface area contributed by atoms with E-state index in [0.717, 1.165) is 22.7 Å². The minimum Gasteiger partial charge on any atom is -0.397 e. The van der Waals surface area contributed by atoms with Crippen molar-refractivity contribution in [2.75, 3.05) is 11.1 Å². The maximum Gasteiger partial charge on any atom is 0.248 e. The van der Waals surface area contributed by atoms with Crippen LogP contribution in [0.2, 0.25) is 0 Å². The van der Waals surface area contributed by atoms with Gasteiger partial charge in [-0.2, -0.15) is 0 Å². The third-order valence-electron chi connectivity index (χ3n) is 2.97. The van der Waals surface area contributed by atoms with Crippen LogP contribution in [0.3, 0.4) is 0 Å². The van der Waals surface area contributed by atoms with E-state index in [9.17, 15) is 4.79 Å². The lowest BCUT2D eigenvalue weighted by atomic mass is 10.1. The third-order valence-corrected chi connectivity index (χ3v) is 2.97. The molecular formula is C13H16N4O2. The summed E-state index contributed by atoms with van der Waals surface area (Å²) in [5.41, 5.74) is 14.5. The molecule has 100 valence electrons. The molecule has 0 saturated carbocycles. The number of primary amides is 1. The van der Waals surface area contributed by atoms with Crippen LogP contribution in [-0.4, -0.2) is 11.1 Å². The van der Waals surface area contributed by atoms with Gasteiger partial charge in [0.25, 0.3) is 0 Å². The lowest BCUT2D eigenvalue weighted by Crippen LogP contribution is -2.12. The predicted molar refractivity (Wildman–Crippen MR) is 72.7 cm³/mol. The first-order valence-corrected chi connectivity index (χ1v) is 5.84. The molecule has 0 saturated heterocycles. The molecule has 2 aromatic rings. The molecule has 0 aliphatic carbocycles. The fourth-order valence-electron chi connectivity index (χ4n) is 1.81. The molecule has 5 N–H and O–H groups in total. The first-order valence-electron chi connectivity index (χ1n) is 5.84. The molecule has 0 radical (unpaired) electrons. The molecule has 1 heterocycles. The number of benzene rings is 1. The van der Waals surface area contributed by atoms with Gasteiger partial charge in [0.2, 0.25) is 5.91 Å². The van der Waals surface area contributed by atoms with Crippen LogP contribution in [0.4, 0.5) is 11.4 Å². The summed E-state index contributed by atoms with van der Waals surface area (Å²) in [5, 5.41) is 7.07. The van der Waals surface area contributed by atoms with Gasteiger partial charge in [-0.1, -0.05) is 5.16 Å². The number of aryl methyl sites for hydroxylation is 2. The lowest BCUT2D eigenvalue weighted by Gasteiger charge is -2.10. The standard InChI is InChI=1S/C13H16N4O2/c1-7-10(8(2)19-17-7)6-16-12-4-3-9(13(15)18)5-11(12)14/h3-5,16H,6,14H2,1-2H3,(H2,15,18). The van der Waals surface area contributed by atoms with E-state index < -0.39 is 5.91 Å². The quantitative estimate of drug-likeness (QED) is 0.723. The van der Waals surface area contributed by atoms with Crippen LogP contribution < -0.4 is 16.8 Å². The molecule has 0 aliphatic rings. The zero-order chi connectivity index (χ0) is 14.0. The predicted octanol–water partition coefficient (Wildman–Crippen LogP) is 1.58. The number of nitrogens with two attached hydrogens (primary N) is 2. The van der Waals surface area contributed by atoms with Gasteiger partial charge in [0.15, 0.2) is 0 Å². The molecule has 6 heteroatoms. The van der Waals surface area contributed by atoms with E-state index in [1.165, 1.54) is 0 Å². The number of hydrogen-bond donors (Lipinski definition) is 3. The Morgan fingerprint density at radius 2 is 2.16 bits per heavy atom. The van der Waals surface area contributed by atoms with Crippen molar-refractivity contribution in [2.24, 2.45) is 5.73 Å². The fourth-order valence-corrected chi connectivity index (χ4v) is 1.81. The minimum absolute atomic E-state index is 0.389. The summed E-state index contributed by atoms with van der Waals surface area (Å²) >= 11 is 0. The molecule has 1 aromatic heterocycles. The van der Waals surface area contributed by atoms with E-state index in [0.29, 0.717) is 17.8 Å². The average Bonchev–Trinajstić information content (AvgIpc) is 2.68. The van der Waals surface area contributed by atoms with Crippen molar-refractivity contribution in [3.63, 3.8) is 0 Å². The van der Waals surface area contributed by atoms with Gasteiger partial charge < -0.3 is 21.3 Å². The van der Waals surface area contributed by atoms with Crippen LogP contribution in [0.15, 0.2) is 22.7 Å². The maximum absolute atomic E-state index is 11.0. The number of amides is 1. The minimum atomic E-state index is -0.496. The fraction of sp³-hybridized carbons (Fsp3) is 0.231. The number of nitrogens with zero attached hydrogens (tertiary/aromatic N) is 1. The Bertz CT molecular complexity index is 600. The van der Waals surface area contributed by atoms with Crippen molar-refractivity contribution in [1.29, 1.82) is 0 Å². The highest BCUT2D eigenvalue weighted by molar-refractivity contribution is 5.94. The van der Waals surface area contributed by atoms with Crippen LogP contribution in [0.25, 0.3) is 0 Å². The normalized spacial score (nSPS) is 10.4. The number of rotatable bonds is 4. The van der Waals surface area contributed by atoms with Crippen molar-refractivity contribution in [3.8, 4) is 0 Å². The number of aromatic nitrogens is 1. The summed E-state index contributed by atoms with van der Waals surface area (Å²) in [4.78, 5) is 11.0. The first-order chi connectivity index (χ1) is 8.99. The van der Waals surface area contributed by atoms with Crippen molar-refractivity contribution in [3.05, 3.63) is 40.8 Å². The van der Waals surface area contributed by atoms with Gasteiger partial charge in [-0.15, -0.1) is 0 Å². The van der Waals surface area contributed by atoms with E-state index in [1.54, 1.807) is 18.2 Å². The summed E-state index contributed by atoms with van der Waals surface area (Å²) < 4.78 is 5.08. The number of carbonyl (C=O) groups excluding carboxylic acids is 1. The van der Waals surface area contributed by atoms with Gasteiger partial charge in [0.05, 0.1) is 17.1 Å². The van der Waals surface area contributed by atoms with Gasteiger partial charge in [-0.25, -0.2) is 0 Å². The van der Waals surface area contributed by atoms with E-state index in [-0.39, 0.29) is 0 Å². The molecule has 0 fully saturated rings. The lowest BCUT2D eigenvalue weighted by molar-refractivity contribution is 0.100.